The number of carbonyl (C=O) groups is 2. The number of benzene rings is 1. The molecule has 6 nitrogen and oxygen atoms in total. The lowest BCUT2D eigenvalue weighted by molar-refractivity contribution is -0.384. The van der Waals surface area contributed by atoms with Crippen LogP contribution in [0.2, 0.25) is 0 Å². The summed E-state index contributed by atoms with van der Waals surface area (Å²) in [5, 5.41) is 13.4. The number of rotatable bonds is 3. The molecule has 1 aromatic carbocycles. The Hall–Kier alpha value is -2.24. The summed E-state index contributed by atoms with van der Waals surface area (Å²) in [6, 6.07) is 5.66. The Bertz CT molecular complexity index is 665. The molecule has 3 rings (SSSR count). The minimum absolute atomic E-state index is 0.0238. The van der Waals surface area contributed by atoms with E-state index < -0.39 is 15.8 Å². The van der Waals surface area contributed by atoms with Gasteiger partial charge in [-0.3, -0.25) is 19.7 Å². The molecule has 1 aromatic rings. The molecule has 6 heteroatoms. The minimum Gasteiger partial charge on any atom is -0.325 e. The number of nitrogens with zero attached hydrogens (tertiary/aromatic N) is 1. The number of ketones is 1. The molecule has 0 spiro atoms. The van der Waals surface area contributed by atoms with Crippen LogP contribution in [0.15, 0.2) is 24.3 Å². The van der Waals surface area contributed by atoms with Crippen LogP contribution in [0.3, 0.4) is 0 Å². The predicted octanol–water partition coefficient (Wildman–Crippen LogP) is 2.93. The number of nitro groups is 1. The van der Waals surface area contributed by atoms with Crippen molar-refractivity contribution >= 4 is 23.1 Å². The monoisotopic (exact) mass is 302 g/mol. The summed E-state index contributed by atoms with van der Waals surface area (Å²) in [7, 11) is 0. The van der Waals surface area contributed by atoms with Gasteiger partial charge >= 0.3 is 0 Å². The van der Waals surface area contributed by atoms with Gasteiger partial charge < -0.3 is 5.32 Å². The Morgan fingerprint density at radius 1 is 1.32 bits per heavy atom. The van der Waals surface area contributed by atoms with Gasteiger partial charge in [-0.05, 0) is 37.3 Å². The number of nitro benzene ring substituents is 1. The highest BCUT2D eigenvalue weighted by atomic mass is 16.6. The van der Waals surface area contributed by atoms with E-state index >= 15 is 0 Å². The number of Topliss-reactive ketones (excluding diaryl/α,β-unsaturated/α-hetero) is 1. The van der Waals surface area contributed by atoms with Crippen LogP contribution in [0, 0.1) is 26.9 Å². The van der Waals surface area contributed by atoms with Crippen molar-refractivity contribution in [3.8, 4) is 0 Å². The van der Waals surface area contributed by atoms with E-state index in [1.165, 1.54) is 24.3 Å². The van der Waals surface area contributed by atoms with Gasteiger partial charge in [0.1, 0.15) is 5.41 Å². The topological polar surface area (TPSA) is 89.3 Å². The number of nitrogens with one attached hydrogen (secondary N) is 1. The Balaban J connectivity index is 1.80. The van der Waals surface area contributed by atoms with Crippen LogP contribution in [0.1, 0.15) is 33.1 Å². The molecule has 2 saturated carbocycles. The molecule has 0 heterocycles. The van der Waals surface area contributed by atoms with Crippen LogP contribution in [0.25, 0.3) is 0 Å². The standard InChI is InChI=1S/C16H18N2O4/c1-15(2)10-7-8-16(9-10,13(15)19)14(20)17-11-3-5-12(6-4-11)18(21)22/h3-6,10H,7-9H2,1-2H3,(H,17,20). The fourth-order valence-corrected chi connectivity index (χ4v) is 3.90. The fourth-order valence-electron chi connectivity index (χ4n) is 3.90. The molecule has 2 aliphatic carbocycles. The molecule has 1 N–H and O–H groups in total. The lowest BCUT2D eigenvalue weighted by Crippen LogP contribution is -2.44. The fraction of sp³-hybridized carbons (Fsp3) is 0.500. The van der Waals surface area contributed by atoms with Crippen molar-refractivity contribution in [1.29, 1.82) is 0 Å². The third kappa shape index (κ3) is 1.94. The summed E-state index contributed by atoms with van der Waals surface area (Å²) in [5.41, 5.74) is -0.915. The normalized spacial score (nSPS) is 28.6. The van der Waals surface area contributed by atoms with Crippen LogP contribution in [-0.2, 0) is 9.59 Å². The van der Waals surface area contributed by atoms with Gasteiger partial charge in [-0.2, -0.15) is 0 Å². The maximum Gasteiger partial charge on any atom is 0.269 e. The highest BCUT2D eigenvalue weighted by Gasteiger charge is 2.64. The van der Waals surface area contributed by atoms with E-state index in [1.807, 2.05) is 13.8 Å². The number of carbonyl (C=O) groups excluding carboxylic acids is 2. The Morgan fingerprint density at radius 2 is 1.95 bits per heavy atom. The van der Waals surface area contributed by atoms with E-state index in [4.69, 9.17) is 0 Å². The van der Waals surface area contributed by atoms with Crippen LogP contribution in [0.5, 0.6) is 0 Å². The van der Waals surface area contributed by atoms with E-state index in [2.05, 4.69) is 5.32 Å². The molecule has 0 aromatic heterocycles. The maximum atomic E-state index is 12.6. The van der Waals surface area contributed by atoms with Crippen molar-refractivity contribution < 1.29 is 14.5 Å². The largest absolute Gasteiger partial charge is 0.325 e. The van der Waals surface area contributed by atoms with E-state index in [0.29, 0.717) is 18.5 Å². The highest BCUT2D eigenvalue weighted by Crippen LogP contribution is 2.60. The average molecular weight is 302 g/mol. The third-order valence-electron chi connectivity index (χ3n) is 5.33. The van der Waals surface area contributed by atoms with Crippen LogP contribution >= 0.6 is 0 Å². The SMILES string of the molecule is CC1(C)C(=O)C2(C(=O)Nc3ccc([N+](=O)[O-])cc3)CCC1C2. The van der Waals surface area contributed by atoms with Gasteiger partial charge in [-0.25, -0.2) is 0 Å². The van der Waals surface area contributed by atoms with E-state index in [9.17, 15) is 19.7 Å². The van der Waals surface area contributed by atoms with Crippen molar-refractivity contribution in [2.24, 2.45) is 16.7 Å². The summed E-state index contributed by atoms with van der Waals surface area (Å²) >= 11 is 0. The van der Waals surface area contributed by atoms with Gasteiger partial charge in [0, 0.05) is 23.2 Å². The maximum absolute atomic E-state index is 12.6. The smallest absolute Gasteiger partial charge is 0.269 e. The second-order valence-corrected chi connectivity index (χ2v) is 6.83. The van der Waals surface area contributed by atoms with Crippen molar-refractivity contribution in [3.05, 3.63) is 34.4 Å². The van der Waals surface area contributed by atoms with Gasteiger partial charge in [0.2, 0.25) is 5.91 Å². The number of amides is 1. The van der Waals surface area contributed by atoms with E-state index in [1.54, 1.807) is 0 Å². The molecule has 2 aliphatic rings. The first kappa shape index (κ1) is 14.7. The molecule has 116 valence electrons. The summed E-state index contributed by atoms with van der Waals surface area (Å²) in [4.78, 5) is 35.4. The molecule has 1 amide bonds. The quantitative estimate of drug-likeness (QED) is 0.528. The van der Waals surface area contributed by atoms with E-state index in [-0.39, 0.29) is 23.3 Å². The lowest BCUT2D eigenvalue weighted by Gasteiger charge is -2.32. The number of anilines is 1. The van der Waals surface area contributed by atoms with Gasteiger partial charge in [0.15, 0.2) is 5.78 Å². The van der Waals surface area contributed by atoms with Gasteiger partial charge in [-0.15, -0.1) is 0 Å². The lowest BCUT2D eigenvalue weighted by atomic mass is 9.70. The zero-order valence-corrected chi connectivity index (χ0v) is 12.6. The van der Waals surface area contributed by atoms with Gasteiger partial charge in [0.25, 0.3) is 5.69 Å². The van der Waals surface area contributed by atoms with Crippen LogP contribution in [-0.4, -0.2) is 16.6 Å². The number of non-ortho nitro benzene ring substituents is 1. The number of fused-ring (bicyclic) bond motifs is 2. The molecule has 2 unspecified atom stereocenters. The van der Waals surface area contributed by atoms with Gasteiger partial charge in [-0.1, -0.05) is 13.8 Å². The Labute approximate surface area is 128 Å². The summed E-state index contributed by atoms with van der Waals surface area (Å²) in [6.45, 7) is 3.83. The average Bonchev–Trinajstić information content (AvgIpc) is 3.00. The molecule has 2 bridgehead atoms. The van der Waals surface area contributed by atoms with Crippen molar-refractivity contribution in [2.75, 3.05) is 5.32 Å². The Kier molecular flexibility index (Phi) is 3.09. The second-order valence-electron chi connectivity index (χ2n) is 6.83. The number of hydrogen-bond donors (Lipinski definition) is 1. The van der Waals surface area contributed by atoms with E-state index in [0.717, 1.165) is 6.42 Å². The van der Waals surface area contributed by atoms with Crippen molar-refractivity contribution in [1.82, 2.24) is 0 Å². The first-order valence-electron chi connectivity index (χ1n) is 7.38. The Morgan fingerprint density at radius 3 is 2.45 bits per heavy atom. The molecule has 22 heavy (non-hydrogen) atoms. The van der Waals surface area contributed by atoms with Crippen LogP contribution in [0.4, 0.5) is 11.4 Å². The molecule has 2 atom stereocenters. The molecule has 0 radical (unpaired) electrons. The molecular weight excluding hydrogens is 284 g/mol. The molecule has 0 aliphatic heterocycles. The molecular formula is C16H18N2O4. The first-order valence-corrected chi connectivity index (χ1v) is 7.38. The number of hydrogen-bond acceptors (Lipinski definition) is 4. The van der Waals surface area contributed by atoms with Gasteiger partial charge in [0.05, 0.1) is 4.92 Å². The second kappa shape index (κ2) is 4.63. The van der Waals surface area contributed by atoms with Crippen molar-refractivity contribution in [2.45, 2.75) is 33.1 Å². The highest BCUT2D eigenvalue weighted by molar-refractivity contribution is 6.15. The summed E-state index contributed by atoms with van der Waals surface area (Å²) in [6.07, 6.45) is 2.10. The van der Waals surface area contributed by atoms with Crippen molar-refractivity contribution in [3.63, 3.8) is 0 Å². The molecule has 2 fully saturated rings. The summed E-state index contributed by atoms with van der Waals surface area (Å²) in [5.74, 6) is 0.0118. The third-order valence-corrected chi connectivity index (χ3v) is 5.33. The predicted molar refractivity (Wildman–Crippen MR) is 80.3 cm³/mol. The zero-order valence-electron chi connectivity index (χ0n) is 12.6. The molecule has 0 saturated heterocycles. The zero-order chi connectivity index (χ0) is 16.1. The first-order chi connectivity index (χ1) is 10.3. The van der Waals surface area contributed by atoms with Crippen LogP contribution < -0.4 is 5.32 Å². The summed E-state index contributed by atoms with van der Waals surface area (Å²) < 4.78 is 0. The minimum atomic E-state index is -0.921.